The smallest absolute Gasteiger partial charge is 0.423 e. The van der Waals surface area contributed by atoms with Gasteiger partial charge in [-0.1, -0.05) is 46.9 Å². The highest BCUT2D eigenvalue weighted by atomic mass is 127. The molecule has 0 spiro atoms. The van der Waals surface area contributed by atoms with Gasteiger partial charge < -0.3 is 10.0 Å². The lowest BCUT2D eigenvalue weighted by atomic mass is 9.80. The van der Waals surface area contributed by atoms with Gasteiger partial charge in [-0.2, -0.15) is 0 Å². The van der Waals surface area contributed by atoms with Gasteiger partial charge in [0.2, 0.25) is 0 Å². The molecule has 0 saturated heterocycles. The Morgan fingerprint density at radius 1 is 1.18 bits per heavy atom. The van der Waals surface area contributed by atoms with E-state index in [-0.39, 0.29) is 0 Å². The van der Waals surface area contributed by atoms with Crippen LogP contribution in [0.25, 0.3) is 0 Å². The van der Waals surface area contributed by atoms with Crippen molar-refractivity contribution in [3.8, 4) is 0 Å². The Morgan fingerprint density at radius 2 is 1.73 bits per heavy atom. The highest BCUT2D eigenvalue weighted by Crippen LogP contribution is 2.02. The topological polar surface area (TPSA) is 40.5 Å². The predicted molar refractivity (Wildman–Crippen MR) is 54.0 cm³/mol. The maximum atomic E-state index is 8.74. The Balaban J connectivity index is 2.83. The summed E-state index contributed by atoms with van der Waals surface area (Å²) in [5.41, 5.74) is 1.73. The summed E-state index contributed by atoms with van der Waals surface area (Å²) in [4.78, 5) is 0. The molecule has 0 amide bonds. The molecule has 0 aliphatic carbocycles. The van der Waals surface area contributed by atoms with Gasteiger partial charge in [-0.15, -0.1) is 0 Å². The summed E-state index contributed by atoms with van der Waals surface area (Å²) in [5.74, 6) is 0. The zero-order chi connectivity index (χ0) is 8.27. The van der Waals surface area contributed by atoms with Gasteiger partial charge in [-0.3, -0.25) is 0 Å². The van der Waals surface area contributed by atoms with Crippen LogP contribution in [0.5, 0.6) is 0 Å². The number of benzene rings is 1. The minimum absolute atomic E-state index is 0.540. The van der Waals surface area contributed by atoms with Gasteiger partial charge in [0, 0.05) is 4.43 Å². The van der Waals surface area contributed by atoms with E-state index < -0.39 is 7.12 Å². The Hall–Kier alpha value is -0.0651. The highest BCUT2D eigenvalue weighted by molar-refractivity contribution is 14.1. The average Bonchev–Trinajstić information content (AvgIpc) is 2.05. The van der Waals surface area contributed by atoms with E-state index in [1.165, 1.54) is 5.56 Å². The lowest BCUT2D eigenvalue weighted by Gasteiger charge is -1.99. The maximum absolute atomic E-state index is 8.74. The van der Waals surface area contributed by atoms with E-state index in [1.54, 1.807) is 12.1 Å². The molecule has 1 aromatic carbocycles. The van der Waals surface area contributed by atoms with E-state index in [0.717, 1.165) is 4.43 Å². The van der Waals surface area contributed by atoms with E-state index in [1.807, 2.05) is 12.1 Å². The third-order valence-corrected chi connectivity index (χ3v) is 2.31. The van der Waals surface area contributed by atoms with Crippen LogP contribution < -0.4 is 5.46 Å². The summed E-state index contributed by atoms with van der Waals surface area (Å²) in [6, 6.07) is 7.22. The van der Waals surface area contributed by atoms with Crippen molar-refractivity contribution in [1.29, 1.82) is 0 Å². The second kappa shape index (κ2) is 4.08. The van der Waals surface area contributed by atoms with Gasteiger partial charge in [-0.25, -0.2) is 0 Å². The molecule has 11 heavy (non-hydrogen) atoms. The van der Waals surface area contributed by atoms with E-state index >= 15 is 0 Å². The zero-order valence-electron chi connectivity index (χ0n) is 5.87. The molecule has 2 N–H and O–H groups in total. The van der Waals surface area contributed by atoms with Crippen LogP contribution in [0.4, 0.5) is 0 Å². The minimum atomic E-state index is -1.35. The van der Waals surface area contributed by atoms with E-state index in [4.69, 9.17) is 10.0 Å². The second-order valence-corrected chi connectivity index (χ2v) is 3.01. The Kier molecular flexibility index (Phi) is 3.35. The fourth-order valence-electron chi connectivity index (χ4n) is 0.779. The molecule has 0 atom stereocenters. The first-order chi connectivity index (χ1) is 5.24. The van der Waals surface area contributed by atoms with Gasteiger partial charge >= 0.3 is 7.12 Å². The third-order valence-electron chi connectivity index (χ3n) is 1.43. The third kappa shape index (κ3) is 2.46. The molecule has 0 heterocycles. The lowest BCUT2D eigenvalue weighted by Crippen LogP contribution is -2.29. The molecule has 58 valence electrons. The van der Waals surface area contributed by atoms with E-state index in [2.05, 4.69) is 22.6 Å². The van der Waals surface area contributed by atoms with Crippen molar-refractivity contribution < 1.29 is 10.0 Å². The van der Waals surface area contributed by atoms with Crippen LogP contribution in [0.15, 0.2) is 24.3 Å². The molecule has 1 rings (SSSR count). The molecule has 0 fully saturated rings. The Bertz CT molecular complexity index is 222. The number of hydrogen-bond acceptors (Lipinski definition) is 2. The van der Waals surface area contributed by atoms with Crippen LogP contribution in [0.3, 0.4) is 0 Å². The van der Waals surface area contributed by atoms with Crippen LogP contribution in [0, 0.1) is 0 Å². The summed E-state index contributed by atoms with van der Waals surface area (Å²) < 4.78 is 0.944. The summed E-state index contributed by atoms with van der Waals surface area (Å²) in [6.07, 6.45) is 0. The normalized spacial score (nSPS) is 9.73. The zero-order valence-corrected chi connectivity index (χ0v) is 8.02. The van der Waals surface area contributed by atoms with Crippen LogP contribution in [0.2, 0.25) is 0 Å². The summed E-state index contributed by atoms with van der Waals surface area (Å²) >= 11 is 2.26. The van der Waals surface area contributed by atoms with Crippen LogP contribution in [0.1, 0.15) is 5.56 Å². The molecular formula is C7H8BIO2. The van der Waals surface area contributed by atoms with Gasteiger partial charge in [0.25, 0.3) is 0 Å². The maximum Gasteiger partial charge on any atom is 0.488 e. The van der Waals surface area contributed by atoms with Gasteiger partial charge in [-0.05, 0) is 11.0 Å². The summed E-state index contributed by atoms with van der Waals surface area (Å²) in [6.45, 7) is 0. The number of halogens is 1. The minimum Gasteiger partial charge on any atom is -0.423 e. The average molecular weight is 262 g/mol. The summed E-state index contributed by atoms with van der Waals surface area (Å²) in [5, 5.41) is 17.5. The predicted octanol–water partition coefficient (Wildman–Crippen LogP) is 0.301. The largest absolute Gasteiger partial charge is 0.488 e. The van der Waals surface area contributed by atoms with Crippen LogP contribution in [-0.2, 0) is 4.43 Å². The fraction of sp³-hybridized carbons (Fsp3) is 0.143. The lowest BCUT2D eigenvalue weighted by molar-refractivity contribution is 0.426. The molecule has 2 nitrogen and oxygen atoms in total. The number of hydrogen-bond donors (Lipinski definition) is 2. The van der Waals surface area contributed by atoms with Crippen LogP contribution in [-0.4, -0.2) is 17.2 Å². The molecule has 0 radical (unpaired) electrons. The van der Waals surface area contributed by atoms with Crippen molar-refractivity contribution >= 4 is 35.2 Å². The van der Waals surface area contributed by atoms with Gasteiger partial charge in [0.1, 0.15) is 0 Å². The SMILES string of the molecule is OB(O)c1ccc(CI)cc1. The molecule has 0 saturated carbocycles. The summed E-state index contributed by atoms with van der Waals surface area (Å²) in [7, 11) is -1.35. The highest BCUT2D eigenvalue weighted by Gasteiger charge is 2.08. The van der Waals surface area contributed by atoms with Crippen molar-refractivity contribution in [3.63, 3.8) is 0 Å². The van der Waals surface area contributed by atoms with Gasteiger partial charge in [0.15, 0.2) is 0 Å². The molecule has 0 aromatic heterocycles. The molecule has 1 aromatic rings. The monoisotopic (exact) mass is 262 g/mol. The van der Waals surface area contributed by atoms with E-state index in [9.17, 15) is 0 Å². The molecule has 0 aliphatic heterocycles. The first-order valence-corrected chi connectivity index (χ1v) is 4.77. The first kappa shape index (κ1) is 9.03. The Labute approximate surface area is 79.5 Å². The second-order valence-electron chi connectivity index (χ2n) is 2.25. The molecule has 4 heteroatoms. The molecule has 0 aliphatic rings. The molecule has 0 unspecified atom stereocenters. The van der Waals surface area contributed by atoms with Crippen molar-refractivity contribution in [2.45, 2.75) is 4.43 Å². The van der Waals surface area contributed by atoms with Crippen molar-refractivity contribution in [3.05, 3.63) is 29.8 Å². The standard InChI is InChI=1S/C7H8BIO2/c9-5-6-1-3-7(4-2-6)8(10)11/h1-4,10-11H,5H2. The van der Waals surface area contributed by atoms with Crippen molar-refractivity contribution in [2.24, 2.45) is 0 Å². The van der Waals surface area contributed by atoms with Crippen molar-refractivity contribution in [1.82, 2.24) is 0 Å². The van der Waals surface area contributed by atoms with E-state index in [0.29, 0.717) is 5.46 Å². The Morgan fingerprint density at radius 3 is 2.09 bits per heavy atom. The quantitative estimate of drug-likeness (QED) is 0.457. The molecule has 0 bridgehead atoms. The number of alkyl halides is 1. The fourth-order valence-corrected chi connectivity index (χ4v) is 1.29. The van der Waals surface area contributed by atoms with Crippen molar-refractivity contribution in [2.75, 3.05) is 0 Å². The number of rotatable bonds is 2. The molecular weight excluding hydrogens is 254 g/mol. The van der Waals surface area contributed by atoms with Crippen LogP contribution >= 0.6 is 22.6 Å². The first-order valence-electron chi connectivity index (χ1n) is 3.25. The van der Waals surface area contributed by atoms with Gasteiger partial charge in [0.05, 0.1) is 0 Å².